The maximum atomic E-state index is 12.3. The summed E-state index contributed by atoms with van der Waals surface area (Å²) in [6.45, 7) is 3.00. The summed E-state index contributed by atoms with van der Waals surface area (Å²) in [4.78, 5) is 14.4. The predicted octanol–water partition coefficient (Wildman–Crippen LogP) is 2.73. The summed E-state index contributed by atoms with van der Waals surface area (Å²) < 4.78 is 11.6. The number of carbonyl (C=O) groups is 1. The highest BCUT2D eigenvalue weighted by molar-refractivity contribution is 5.78. The first-order chi connectivity index (χ1) is 13.3. The maximum absolute atomic E-state index is 12.3. The van der Waals surface area contributed by atoms with E-state index in [9.17, 15) is 4.79 Å². The van der Waals surface area contributed by atoms with E-state index in [0.717, 1.165) is 31.0 Å². The first-order valence-electron chi connectivity index (χ1n) is 9.40. The Morgan fingerprint density at radius 1 is 1.07 bits per heavy atom. The normalized spacial score (nSPS) is 19.3. The fraction of sp³-hybridized carbons (Fsp3) is 0.318. The lowest BCUT2D eigenvalue weighted by Crippen LogP contribution is -2.45. The Labute approximate surface area is 159 Å². The molecule has 4 rings (SSSR count). The van der Waals surface area contributed by atoms with Crippen molar-refractivity contribution in [2.75, 3.05) is 32.8 Å². The van der Waals surface area contributed by atoms with Crippen LogP contribution in [0.1, 0.15) is 12.0 Å². The standard InChI is InChI=1S/C22H24N2O3/c25-22(23-14-19-16-26-20-8-4-5-9-21(20)27-19)15-24-12-10-18(11-13-24)17-6-2-1-3-7-17/h1-10,19H,11-16H2,(H,23,25). The Hall–Kier alpha value is -2.79. The number of rotatable bonds is 5. The van der Waals surface area contributed by atoms with E-state index in [2.05, 4.69) is 40.6 Å². The van der Waals surface area contributed by atoms with E-state index in [1.165, 1.54) is 11.1 Å². The van der Waals surface area contributed by atoms with Crippen molar-refractivity contribution >= 4 is 11.5 Å². The second kappa shape index (κ2) is 8.27. The van der Waals surface area contributed by atoms with Gasteiger partial charge in [-0.25, -0.2) is 0 Å². The topological polar surface area (TPSA) is 50.8 Å². The Morgan fingerprint density at radius 3 is 2.63 bits per heavy atom. The molecule has 0 aliphatic carbocycles. The Kier molecular flexibility index (Phi) is 5.39. The third-order valence-electron chi connectivity index (χ3n) is 4.90. The van der Waals surface area contributed by atoms with Crippen LogP contribution < -0.4 is 14.8 Å². The fourth-order valence-corrected chi connectivity index (χ4v) is 3.42. The molecule has 0 aromatic heterocycles. The number of amides is 1. The molecular weight excluding hydrogens is 340 g/mol. The molecule has 2 aliphatic rings. The summed E-state index contributed by atoms with van der Waals surface area (Å²) in [5.74, 6) is 1.51. The van der Waals surface area contributed by atoms with Crippen molar-refractivity contribution in [3.63, 3.8) is 0 Å². The average Bonchev–Trinajstić information content (AvgIpc) is 2.73. The van der Waals surface area contributed by atoms with Gasteiger partial charge in [0.1, 0.15) is 12.7 Å². The highest BCUT2D eigenvalue weighted by Gasteiger charge is 2.22. The molecule has 0 fully saturated rings. The Balaban J connectivity index is 1.22. The highest BCUT2D eigenvalue weighted by Crippen LogP contribution is 2.30. The van der Waals surface area contributed by atoms with Crippen LogP contribution in [0.25, 0.3) is 5.57 Å². The van der Waals surface area contributed by atoms with Gasteiger partial charge in [-0.1, -0.05) is 48.5 Å². The molecule has 0 spiro atoms. The third kappa shape index (κ3) is 4.49. The van der Waals surface area contributed by atoms with E-state index in [1.807, 2.05) is 30.3 Å². The van der Waals surface area contributed by atoms with Crippen LogP contribution in [0.5, 0.6) is 11.5 Å². The largest absolute Gasteiger partial charge is 0.486 e. The number of fused-ring (bicyclic) bond motifs is 1. The van der Waals surface area contributed by atoms with Crippen LogP contribution in [-0.2, 0) is 4.79 Å². The van der Waals surface area contributed by atoms with Gasteiger partial charge in [0.15, 0.2) is 11.5 Å². The zero-order valence-electron chi connectivity index (χ0n) is 15.3. The van der Waals surface area contributed by atoms with Crippen molar-refractivity contribution in [1.29, 1.82) is 0 Å². The molecular formula is C22H24N2O3. The number of hydrogen-bond acceptors (Lipinski definition) is 4. The molecule has 2 aromatic carbocycles. The van der Waals surface area contributed by atoms with E-state index in [0.29, 0.717) is 19.7 Å². The van der Waals surface area contributed by atoms with Gasteiger partial charge in [0.25, 0.3) is 0 Å². The molecule has 140 valence electrons. The monoisotopic (exact) mass is 364 g/mol. The minimum absolute atomic E-state index is 0.0222. The smallest absolute Gasteiger partial charge is 0.234 e. The lowest BCUT2D eigenvalue weighted by Gasteiger charge is -2.28. The second-order valence-electron chi connectivity index (χ2n) is 6.88. The SMILES string of the molecule is O=C(CN1CC=C(c2ccccc2)CC1)NCC1COc2ccccc2O1. The quantitative estimate of drug-likeness (QED) is 0.886. The van der Waals surface area contributed by atoms with Crippen molar-refractivity contribution < 1.29 is 14.3 Å². The van der Waals surface area contributed by atoms with Gasteiger partial charge in [0.2, 0.25) is 5.91 Å². The lowest BCUT2D eigenvalue weighted by atomic mass is 10.00. The zero-order chi connectivity index (χ0) is 18.5. The van der Waals surface area contributed by atoms with E-state index < -0.39 is 0 Å². The van der Waals surface area contributed by atoms with Crippen molar-refractivity contribution in [3.05, 3.63) is 66.2 Å². The van der Waals surface area contributed by atoms with Crippen LogP contribution in [0, 0.1) is 0 Å². The molecule has 0 radical (unpaired) electrons. The molecule has 27 heavy (non-hydrogen) atoms. The zero-order valence-corrected chi connectivity index (χ0v) is 15.3. The van der Waals surface area contributed by atoms with Crippen LogP contribution in [0.3, 0.4) is 0 Å². The Morgan fingerprint density at radius 2 is 1.85 bits per heavy atom. The molecule has 1 N–H and O–H groups in total. The highest BCUT2D eigenvalue weighted by atomic mass is 16.6. The third-order valence-corrected chi connectivity index (χ3v) is 4.90. The molecule has 0 saturated heterocycles. The van der Waals surface area contributed by atoms with Gasteiger partial charge in [0.05, 0.1) is 13.1 Å². The van der Waals surface area contributed by atoms with Crippen molar-refractivity contribution in [3.8, 4) is 11.5 Å². The van der Waals surface area contributed by atoms with Crippen LogP contribution >= 0.6 is 0 Å². The van der Waals surface area contributed by atoms with Crippen molar-refractivity contribution in [2.45, 2.75) is 12.5 Å². The molecule has 0 bridgehead atoms. The minimum atomic E-state index is -0.158. The summed E-state index contributed by atoms with van der Waals surface area (Å²) in [6.07, 6.45) is 3.03. The van der Waals surface area contributed by atoms with E-state index >= 15 is 0 Å². The number of hydrogen-bond donors (Lipinski definition) is 1. The molecule has 5 heteroatoms. The van der Waals surface area contributed by atoms with E-state index in [4.69, 9.17) is 9.47 Å². The molecule has 5 nitrogen and oxygen atoms in total. The molecule has 2 heterocycles. The molecule has 0 saturated carbocycles. The number of benzene rings is 2. The number of ether oxygens (including phenoxy) is 2. The van der Waals surface area contributed by atoms with Crippen LogP contribution in [0.2, 0.25) is 0 Å². The van der Waals surface area contributed by atoms with Gasteiger partial charge in [-0.2, -0.15) is 0 Å². The molecule has 1 atom stereocenters. The van der Waals surface area contributed by atoms with Crippen molar-refractivity contribution in [2.24, 2.45) is 0 Å². The second-order valence-corrected chi connectivity index (χ2v) is 6.88. The number of para-hydroxylation sites is 2. The minimum Gasteiger partial charge on any atom is -0.486 e. The summed E-state index contributed by atoms with van der Waals surface area (Å²) in [6, 6.07) is 18.0. The van der Waals surface area contributed by atoms with Gasteiger partial charge < -0.3 is 14.8 Å². The molecule has 1 unspecified atom stereocenters. The van der Waals surface area contributed by atoms with Gasteiger partial charge in [0, 0.05) is 13.1 Å². The predicted molar refractivity (Wildman–Crippen MR) is 105 cm³/mol. The summed E-state index contributed by atoms with van der Waals surface area (Å²) in [7, 11) is 0. The van der Waals surface area contributed by atoms with E-state index in [-0.39, 0.29) is 12.0 Å². The Bertz CT molecular complexity index is 819. The molecule has 2 aliphatic heterocycles. The van der Waals surface area contributed by atoms with Crippen molar-refractivity contribution in [1.82, 2.24) is 10.2 Å². The summed E-state index contributed by atoms with van der Waals surface area (Å²) in [5, 5.41) is 2.97. The van der Waals surface area contributed by atoms with Gasteiger partial charge in [-0.05, 0) is 29.7 Å². The fourth-order valence-electron chi connectivity index (χ4n) is 3.42. The van der Waals surface area contributed by atoms with Crippen LogP contribution in [-0.4, -0.2) is 49.7 Å². The summed E-state index contributed by atoms with van der Waals surface area (Å²) in [5.41, 5.74) is 2.63. The summed E-state index contributed by atoms with van der Waals surface area (Å²) >= 11 is 0. The maximum Gasteiger partial charge on any atom is 0.234 e. The number of nitrogens with zero attached hydrogens (tertiary/aromatic N) is 1. The molecule has 1 amide bonds. The van der Waals surface area contributed by atoms with Gasteiger partial charge in [-0.15, -0.1) is 0 Å². The first kappa shape index (κ1) is 17.6. The van der Waals surface area contributed by atoms with Crippen LogP contribution in [0.4, 0.5) is 0 Å². The lowest BCUT2D eigenvalue weighted by molar-refractivity contribution is -0.122. The average molecular weight is 364 g/mol. The first-order valence-corrected chi connectivity index (χ1v) is 9.40. The number of nitrogens with one attached hydrogen (secondary N) is 1. The number of carbonyl (C=O) groups excluding carboxylic acids is 1. The van der Waals surface area contributed by atoms with Gasteiger partial charge >= 0.3 is 0 Å². The van der Waals surface area contributed by atoms with Crippen LogP contribution in [0.15, 0.2) is 60.7 Å². The molecule has 2 aromatic rings. The van der Waals surface area contributed by atoms with E-state index in [1.54, 1.807) is 0 Å². The van der Waals surface area contributed by atoms with Gasteiger partial charge in [-0.3, -0.25) is 9.69 Å².